The van der Waals surface area contributed by atoms with Gasteiger partial charge in [-0.1, -0.05) is 0 Å². The van der Waals surface area contributed by atoms with Gasteiger partial charge in [-0.2, -0.15) is 0 Å². The van der Waals surface area contributed by atoms with Gasteiger partial charge in [-0.05, 0) is 36.4 Å². The first-order valence-corrected chi connectivity index (χ1v) is 6.44. The van der Waals surface area contributed by atoms with E-state index < -0.39 is 4.92 Å². The maximum absolute atomic E-state index is 10.5. The monoisotopic (exact) mass is 288 g/mol. The normalized spacial score (nSPS) is 9.95. The Morgan fingerprint density at radius 3 is 2.24 bits per heavy atom. The van der Waals surface area contributed by atoms with E-state index in [9.17, 15) is 10.1 Å². The van der Waals surface area contributed by atoms with Crippen LogP contribution in [-0.4, -0.2) is 25.2 Å². The molecule has 2 aromatic carbocycles. The number of ether oxygens (including phenoxy) is 2. The molecule has 0 saturated carbocycles. The lowest BCUT2D eigenvalue weighted by molar-refractivity contribution is -0.384. The number of rotatable bonds is 7. The fourth-order valence-corrected chi connectivity index (χ4v) is 1.74. The second-order valence-electron chi connectivity index (χ2n) is 4.25. The molecular formula is C15H16N2O4. The Hall–Kier alpha value is -2.76. The molecule has 0 unspecified atom stereocenters. The van der Waals surface area contributed by atoms with E-state index in [-0.39, 0.29) is 5.69 Å². The predicted octanol–water partition coefficient (Wildman–Crippen LogP) is 3.09. The van der Waals surface area contributed by atoms with Crippen molar-refractivity contribution in [3.05, 3.63) is 58.6 Å². The van der Waals surface area contributed by atoms with Crippen LogP contribution in [0.1, 0.15) is 0 Å². The fourth-order valence-electron chi connectivity index (χ4n) is 1.74. The zero-order valence-corrected chi connectivity index (χ0v) is 11.6. The number of nitrogens with zero attached hydrogens (tertiary/aromatic N) is 1. The number of nitro benzene ring substituents is 1. The summed E-state index contributed by atoms with van der Waals surface area (Å²) >= 11 is 0. The van der Waals surface area contributed by atoms with Crippen LogP contribution in [0.5, 0.6) is 11.5 Å². The van der Waals surface area contributed by atoms with Gasteiger partial charge < -0.3 is 14.8 Å². The maximum Gasteiger partial charge on any atom is 0.269 e. The Kier molecular flexibility index (Phi) is 4.98. The molecule has 0 radical (unpaired) electrons. The summed E-state index contributed by atoms with van der Waals surface area (Å²) in [5.74, 6) is 1.42. The highest BCUT2D eigenvalue weighted by atomic mass is 16.6. The molecule has 0 aliphatic heterocycles. The minimum absolute atomic E-state index is 0.0544. The van der Waals surface area contributed by atoms with Gasteiger partial charge in [0, 0.05) is 24.4 Å². The lowest BCUT2D eigenvalue weighted by Gasteiger charge is -2.09. The van der Waals surface area contributed by atoms with Crippen molar-refractivity contribution in [2.24, 2.45) is 0 Å². The fraction of sp³-hybridized carbons (Fsp3) is 0.200. The van der Waals surface area contributed by atoms with Crippen LogP contribution in [0.2, 0.25) is 0 Å². The topological polar surface area (TPSA) is 73.6 Å². The van der Waals surface area contributed by atoms with Crippen LogP contribution >= 0.6 is 0 Å². The summed E-state index contributed by atoms with van der Waals surface area (Å²) in [5, 5.41) is 13.7. The van der Waals surface area contributed by atoms with Gasteiger partial charge in [-0.25, -0.2) is 0 Å². The zero-order chi connectivity index (χ0) is 15.1. The minimum Gasteiger partial charge on any atom is -0.497 e. The molecule has 0 fully saturated rings. The molecule has 0 spiro atoms. The number of benzene rings is 2. The standard InChI is InChI=1S/C15H16N2O4/c1-20-14-6-2-12(3-7-14)16-10-11-21-15-8-4-13(5-9-15)17(18)19/h2-9,16H,10-11H2,1H3. The van der Waals surface area contributed by atoms with Crippen molar-refractivity contribution < 1.29 is 14.4 Å². The molecule has 21 heavy (non-hydrogen) atoms. The second kappa shape index (κ2) is 7.14. The van der Waals surface area contributed by atoms with Crippen molar-refractivity contribution in [3.8, 4) is 11.5 Å². The average molecular weight is 288 g/mol. The summed E-state index contributed by atoms with van der Waals surface area (Å²) in [6, 6.07) is 13.6. The van der Waals surface area contributed by atoms with E-state index in [1.807, 2.05) is 24.3 Å². The lowest BCUT2D eigenvalue weighted by atomic mass is 10.3. The third-order valence-electron chi connectivity index (χ3n) is 2.84. The number of hydrogen-bond donors (Lipinski definition) is 1. The largest absolute Gasteiger partial charge is 0.497 e. The first kappa shape index (κ1) is 14.6. The van der Waals surface area contributed by atoms with Crippen molar-refractivity contribution in [2.45, 2.75) is 0 Å². The molecule has 0 amide bonds. The summed E-state index contributed by atoms with van der Waals surface area (Å²) in [7, 11) is 1.63. The quantitative estimate of drug-likeness (QED) is 0.481. The van der Waals surface area contributed by atoms with Crippen LogP contribution in [0, 0.1) is 10.1 Å². The third-order valence-corrected chi connectivity index (χ3v) is 2.84. The van der Waals surface area contributed by atoms with Crippen molar-refractivity contribution >= 4 is 11.4 Å². The van der Waals surface area contributed by atoms with E-state index >= 15 is 0 Å². The average Bonchev–Trinajstić information content (AvgIpc) is 2.52. The highest BCUT2D eigenvalue weighted by Crippen LogP contribution is 2.17. The molecule has 0 aliphatic carbocycles. The van der Waals surface area contributed by atoms with Gasteiger partial charge >= 0.3 is 0 Å². The van der Waals surface area contributed by atoms with Crippen LogP contribution in [0.25, 0.3) is 0 Å². The molecule has 6 heteroatoms. The van der Waals surface area contributed by atoms with Crippen LogP contribution < -0.4 is 14.8 Å². The Morgan fingerprint density at radius 2 is 1.67 bits per heavy atom. The first-order valence-electron chi connectivity index (χ1n) is 6.44. The van der Waals surface area contributed by atoms with Crippen molar-refractivity contribution in [3.63, 3.8) is 0 Å². The summed E-state index contributed by atoms with van der Waals surface area (Å²) in [4.78, 5) is 10.1. The van der Waals surface area contributed by atoms with E-state index in [2.05, 4.69) is 5.32 Å². The Balaban J connectivity index is 1.74. The van der Waals surface area contributed by atoms with E-state index in [0.717, 1.165) is 11.4 Å². The highest BCUT2D eigenvalue weighted by Gasteiger charge is 2.04. The van der Waals surface area contributed by atoms with Gasteiger partial charge in [0.05, 0.1) is 12.0 Å². The van der Waals surface area contributed by atoms with Gasteiger partial charge in [0.25, 0.3) is 5.69 Å². The van der Waals surface area contributed by atoms with Gasteiger partial charge in [-0.15, -0.1) is 0 Å². The van der Waals surface area contributed by atoms with Crippen molar-refractivity contribution in [1.29, 1.82) is 0 Å². The number of non-ortho nitro benzene ring substituents is 1. The minimum atomic E-state index is -0.436. The molecule has 0 bridgehead atoms. The van der Waals surface area contributed by atoms with E-state index in [4.69, 9.17) is 9.47 Å². The predicted molar refractivity (Wildman–Crippen MR) is 80.1 cm³/mol. The summed E-state index contributed by atoms with van der Waals surface area (Å²) in [6.07, 6.45) is 0. The third kappa shape index (κ3) is 4.38. The van der Waals surface area contributed by atoms with Crippen molar-refractivity contribution in [2.75, 3.05) is 25.6 Å². The van der Waals surface area contributed by atoms with Crippen LogP contribution in [0.4, 0.5) is 11.4 Å². The number of methoxy groups -OCH3 is 1. The van der Waals surface area contributed by atoms with Crippen LogP contribution in [0.15, 0.2) is 48.5 Å². The van der Waals surface area contributed by atoms with Crippen molar-refractivity contribution in [1.82, 2.24) is 0 Å². The van der Waals surface area contributed by atoms with Gasteiger partial charge in [0.15, 0.2) is 0 Å². The lowest BCUT2D eigenvalue weighted by Crippen LogP contribution is -2.11. The molecule has 1 N–H and O–H groups in total. The van der Waals surface area contributed by atoms with Gasteiger partial charge in [0.1, 0.15) is 18.1 Å². The number of nitrogens with one attached hydrogen (secondary N) is 1. The van der Waals surface area contributed by atoms with E-state index in [1.165, 1.54) is 12.1 Å². The molecule has 6 nitrogen and oxygen atoms in total. The Labute approximate surface area is 122 Å². The van der Waals surface area contributed by atoms with Crippen LogP contribution in [-0.2, 0) is 0 Å². The van der Waals surface area contributed by atoms with E-state index in [1.54, 1.807) is 19.2 Å². The summed E-state index contributed by atoms with van der Waals surface area (Å²) in [6.45, 7) is 1.09. The van der Waals surface area contributed by atoms with Crippen LogP contribution in [0.3, 0.4) is 0 Å². The molecule has 2 aromatic rings. The first-order chi connectivity index (χ1) is 10.2. The van der Waals surface area contributed by atoms with E-state index in [0.29, 0.717) is 18.9 Å². The smallest absolute Gasteiger partial charge is 0.269 e. The number of anilines is 1. The van der Waals surface area contributed by atoms with Gasteiger partial charge in [0.2, 0.25) is 0 Å². The summed E-state index contributed by atoms with van der Waals surface area (Å²) < 4.78 is 10.6. The Morgan fingerprint density at radius 1 is 1.05 bits per heavy atom. The molecule has 0 aliphatic rings. The summed E-state index contributed by atoms with van der Waals surface area (Å²) in [5.41, 5.74) is 1.03. The molecule has 2 rings (SSSR count). The zero-order valence-electron chi connectivity index (χ0n) is 11.6. The Bertz CT molecular complexity index is 582. The SMILES string of the molecule is COc1ccc(NCCOc2ccc([N+](=O)[O-])cc2)cc1. The molecule has 0 heterocycles. The molecular weight excluding hydrogens is 272 g/mol. The molecule has 110 valence electrons. The number of hydrogen-bond acceptors (Lipinski definition) is 5. The molecule has 0 atom stereocenters. The molecule has 0 aromatic heterocycles. The molecule has 0 saturated heterocycles. The highest BCUT2D eigenvalue weighted by molar-refractivity contribution is 5.46. The maximum atomic E-state index is 10.5. The number of nitro groups is 1. The van der Waals surface area contributed by atoms with Gasteiger partial charge in [-0.3, -0.25) is 10.1 Å². The second-order valence-corrected chi connectivity index (χ2v) is 4.25.